The molecule has 2 fully saturated rings. The molecule has 0 saturated carbocycles. The van der Waals surface area contributed by atoms with Gasteiger partial charge in [-0.2, -0.15) is 0 Å². The van der Waals surface area contributed by atoms with Crippen LogP contribution in [0.5, 0.6) is 0 Å². The summed E-state index contributed by atoms with van der Waals surface area (Å²) in [6.07, 6.45) is 6.14. The Kier molecular flexibility index (Phi) is 6.38. The average molecular weight is 385 g/mol. The molecule has 0 N–H and O–H groups in total. The number of benzene rings is 2. The van der Waals surface area contributed by atoms with Crippen molar-refractivity contribution in [2.45, 2.75) is 44.1 Å². The fourth-order valence-corrected chi connectivity index (χ4v) is 4.86. The molecule has 0 unspecified atom stereocenters. The van der Waals surface area contributed by atoms with Gasteiger partial charge in [0.1, 0.15) is 11.6 Å². The Labute approximate surface area is 167 Å². The second-order valence-electron chi connectivity index (χ2n) is 8.28. The molecule has 28 heavy (non-hydrogen) atoms. The van der Waals surface area contributed by atoms with Crippen LogP contribution >= 0.6 is 0 Å². The maximum Gasteiger partial charge on any atom is 0.123 e. The molecule has 2 saturated heterocycles. The van der Waals surface area contributed by atoms with E-state index >= 15 is 0 Å². The molecule has 150 valence electrons. The van der Waals surface area contributed by atoms with Crippen molar-refractivity contribution < 1.29 is 8.78 Å². The number of rotatable bonds is 6. The third-order valence-electron chi connectivity index (χ3n) is 6.43. The lowest BCUT2D eigenvalue weighted by atomic mass is 9.87. The normalized spacial score (nSPS) is 21.0. The van der Waals surface area contributed by atoms with Crippen LogP contribution in [0.2, 0.25) is 0 Å². The molecule has 4 rings (SSSR count). The zero-order chi connectivity index (χ0) is 19.3. The molecule has 0 amide bonds. The lowest BCUT2D eigenvalue weighted by Gasteiger charge is -2.44. The molecule has 2 aromatic rings. The van der Waals surface area contributed by atoms with E-state index in [9.17, 15) is 8.78 Å². The van der Waals surface area contributed by atoms with Gasteiger partial charge in [-0.25, -0.2) is 8.78 Å². The molecule has 2 aliphatic rings. The van der Waals surface area contributed by atoms with Gasteiger partial charge in [0.25, 0.3) is 0 Å². The molecule has 1 atom stereocenters. The SMILES string of the molecule is Fc1ccc(C(CCCN2CCN3CCCC[C@@H]3C2)c2ccc(F)cc2)cc1. The van der Waals surface area contributed by atoms with Crippen LogP contribution in [-0.4, -0.2) is 48.6 Å². The molecular weight excluding hydrogens is 354 g/mol. The molecule has 2 aliphatic heterocycles. The van der Waals surface area contributed by atoms with Crippen LogP contribution in [0.15, 0.2) is 48.5 Å². The summed E-state index contributed by atoms with van der Waals surface area (Å²) in [5, 5.41) is 0. The molecule has 2 aromatic carbocycles. The first kappa shape index (κ1) is 19.5. The van der Waals surface area contributed by atoms with Crippen molar-refractivity contribution >= 4 is 0 Å². The van der Waals surface area contributed by atoms with Gasteiger partial charge in [-0.05, 0) is 74.2 Å². The summed E-state index contributed by atoms with van der Waals surface area (Å²) in [6, 6.07) is 14.3. The summed E-state index contributed by atoms with van der Waals surface area (Å²) in [5.41, 5.74) is 2.20. The molecule has 0 radical (unpaired) electrons. The lowest BCUT2D eigenvalue weighted by Crippen LogP contribution is -2.54. The van der Waals surface area contributed by atoms with Gasteiger partial charge in [-0.1, -0.05) is 30.7 Å². The minimum absolute atomic E-state index is 0.178. The quantitative estimate of drug-likeness (QED) is 0.688. The highest BCUT2D eigenvalue weighted by Crippen LogP contribution is 2.30. The first-order valence-electron chi connectivity index (χ1n) is 10.7. The Hall–Kier alpha value is -1.78. The van der Waals surface area contributed by atoms with Gasteiger partial charge in [-0.15, -0.1) is 0 Å². The average Bonchev–Trinajstić information content (AvgIpc) is 2.73. The van der Waals surface area contributed by atoms with E-state index in [0.29, 0.717) is 0 Å². The van der Waals surface area contributed by atoms with E-state index in [1.165, 1.54) is 63.2 Å². The summed E-state index contributed by atoms with van der Waals surface area (Å²) in [5.74, 6) is -0.254. The van der Waals surface area contributed by atoms with Crippen molar-refractivity contribution in [2.75, 3.05) is 32.7 Å². The van der Waals surface area contributed by atoms with Gasteiger partial charge in [-0.3, -0.25) is 4.90 Å². The first-order chi connectivity index (χ1) is 13.7. The molecule has 0 spiro atoms. The predicted molar refractivity (Wildman–Crippen MR) is 110 cm³/mol. The van der Waals surface area contributed by atoms with Crippen LogP contribution in [0.1, 0.15) is 49.1 Å². The summed E-state index contributed by atoms with van der Waals surface area (Å²) in [4.78, 5) is 5.28. The van der Waals surface area contributed by atoms with Crippen LogP contribution in [0.25, 0.3) is 0 Å². The van der Waals surface area contributed by atoms with Gasteiger partial charge in [0.15, 0.2) is 0 Å². The van der Waals surface area contributed by atoms with Gasteiger partial charge >= 0.3 is 0 Å². The van der Waals surface area contributed by atoms with E-state index in [-0.39, 0.29) is 17.6 Å². The number of piperidine rings is 1. The number of halogens is 2. The van der Waals surface area contributed by atoms with Crippen molar-refractivity contribution in [3.05, 3.63) is 71.3 Å². The molecule has 0 aromatic heterocycles. The topological polar surface area (TPSA) is 6.48 Å². The standard InChI is InChI=1S/C24H30F2N2/c25-21-10-6-19(7-11-21)24(20-8-12-22(26)13-9-20)5-3-14-27-16-17-28-15-2-1-4-23(28)18-27/h6-13,23-24H,1-5,14-18H2/t23-/m1/s1. The van der Waals surface area contributed by atoms with Crippen LogP contribution < -0.4 is 0 Å². The van der Waals surface area contributed by atoms with E-state index in [4.69, 9.17) is 0 Å². The Morgan fingerprint density at radius 3 is 2.11 bits per heavy atom. The fourth-order valence-electron chi connectivity index (χ4n) is 4.86. The van der Waals surface area contributed by atoms with Gasteiger partial charge in [0.05, 0.1) is 0 Å². The Bertz CT molecular complexity index is 699. The summed E-state index contributed by atoms with van der Waals surface area (Å²) >= 11 is 0. The smallest absolute Gasteiger partial charge is 0.123 e. The van der Waals surface area contributed by atoms with Crippen LogP contribution in [0, 0.1) is 11.6 Å². The predicted octanol–water partition coefficient (Wildman–Crippen LogP) is 5.05. The van der Waals surface area contributed by atoms with E-state index in [1.54, 1.807) is 0 Å². The lowest BCUT2D eigenvalue weighted by molar-refractivity contribution is 0.0486. The highest BCUT2D eigenvalue weighted by atomic mass is 19.1. The monoisotopic (exact) mass is 384 g/mol. The molecule has 2 nitrogen and oxygen atoms in total. The summed E-state index contributed by atoms with van der Waals surface area (Å²) < 4.78 is 26.8. The van der Waals surface area contributed by atoms with E-state index in [0.717, 1.165) is 43.1 Å². The second-order valence-corrected chi connectivity index (χ2v) is 8.28. The largest absolute Gasteiger partial charge is 0.301 e. The van der Waals surface area contributed by atoms with E-state index in [2.05, 4.69) is 9.80 Å². The maximum absolute atomic E-state index is 13.4. The van der Waals surface area contributed by atoms with Crippen LogP contribution in [-0.2, 0) is 0 Å². The van der Waals surface area contributed by atoms with E-state index in [1.807, 2.05) is 24.3 Å². The van der Waals surface area contributed by atoms with Gasteiger partial charge in [0.2, 0.25) is 0 Å². The van der Waals surface area contributed by atoms with E-state index < -0.39 is 0 Å². The van der Waals surface area contributed by atoms with Crippen molar-refractivity contribution in [3.8, 4) is 0 Å². The second kappa shape index (κ2) is 9.15. The minimum atomic E-state index is -0.216. The Morgan fingerprint density at radius 1 is 0.821 bits per heavy atom. The molecular formula is C24H30F2N2. The molecule has 4 heteroatoms. The van der Waals surface area contributed by atoms with Crippen molar-refractivity contribution in [3.63, 3.8) is 0 Å². The molecule has 0 aliphatic carbocycles. The van der Waals surface area contributed by atoms with Crippen LogP contribution in [0.3, 0.4) is 0 Å². The number of fused-ring (bicyclic) bond motifs is 1. The Balaban J connectivity index is 1.38. The zero-order valence-corrected chi connectivity index (χ0v) is 16.5. The molecule has 2 heterocycles. The zero-order valence-electron chi connectivity index (χ0n) is 16.5. The summed E-state index contributed by atoms with van der Waals surface area (Å²) in [6.45, 7) is 5.93. The third kappa shape index (κ3) is 4.79. The van der Waals surface area contributed by atoms with Crippen molar-refractivity contribution in [1.29, 1.82) is 0 Å². The maximum atomic E-state index is 13.4. The van der Waals surface area contributed by atoms with Crippen molar-refractivity contribution in [2.24, 2.45) is 0 Å². The third-order valence-corrected chi connectivity index (χ3v) is 6.43. The summed E-state index contributed by atoms with van der Waals surface area (Å²) in [7, 11) is 0. The number of hydrogen-bond donors (Lipinski definition) is 0. The van der Waals surface area contributed by atoms with Crippen molar-refractivity contribution in [1.82, 2.24) is 9.80 Å². The fraction of sp³-hybridized carbons (Fsp3) is 0.500. The van der Waals surface area contributed by atoms with Gasteiger partial charge in [0, 0.05) is 31.6 Å². The number of nitrogens with zero attached hydrogens (tertiary/aromatic N) is 2. The highest BCUT2D eigenvalue weighted by molar-refractivity contribution is 5.32. The van der Waals surface area contributed by atoms with Crippen LogP contribution in [0.4, 0.5) is 8.78 Å². The van der Waals surface area contributed by atoms with Gasteiger partial charge < -0.3 is 4.90 Å². The highest BCUT2D eigenvalue weighted by Gasteiger charge is 2.28. The molecule has 0 bridgehead atoms. The minimum Gasteiger partial charge on any atom is -0.301 e. The number of hydrogen-bond acceptors (Lipinski definition) is 2. The first-order valence-corrected chi connectivity index (χ1v) is 10.7. The Morgan fingerprint density at radius 2 is 1.46 bits per heavy atom. The number of piperazine rings is 1.